The number of sulfone groups is 1. The highest BCUT2D eigenvalue weighted by atomic mass is 32.2. The van der Waals surface area contributed by atoms with Gasteiger partial charge in [0.1, 0.15) is 5.82 Å². The molecule has 3 unspecified atom stereocenters. The first-order valence-electron chi connectivity index (χ1n) is 10.8. The number of carbonyl (C=O) groups is 1. The van der Waals surface area contributed by atoms with Crippen molar-refractivity contribution in [2.45, 2.75) is 67.9 Å². The fraction of sp³-hybridized carbons (Fsp3) is 0.762. The van der Waals surface area contributed by atoms with Gasteiger partial charge in [0.15, 0.2) is 9.84 Å². The Balaban J connectivity index is 1.41. The van der Waals surface area contributed by atoms with Crippen molar-refractivity contribution >= 4 is 15.9 Å². The van der Waals surface area contributed by atoms with Crippen LogP contribution in [0.3, 0.4) is 0 Å². The van der Waals surface area contributed by atoms with E-state index in [9.17, 15) is 17.6 Å². The number of likely N-dealkylation sites (tertiary alicyclic amines) is 1. The molecule has 6 atom stereocenters. The Morgan fingerprint density at radius 3 is 2.72 bits per heavy atom. The molecule has 3 aliphatic rings. The molecule has 3 fully saturated rings. The van der Waals surface area contributed by atoms with Gasteiger partial charge < -0.3 is 14.2 Å². The highest BCUT2D eigenvalue weighted by molar-refractivity contribution is 7.91. The lowest BCUT2D eigenvalue weighted by atomic mass is 9.86. The summed E-state index contributed by atoms with van der Waals surface area (Å²) in [6, 6.07) is -0.827. The fourth-order valence-electron chi connectivity index (χ4n) is 5.54. The molecule has 1 aromatic rings. The van der Waals surface area contributed by atoms with Crippen LogP contribution in [0.2, 0.25) is 0 Å². The highest BCUT2D eigenvalue weighted by Gasteiger charge is 2.60. The van der Waals surface area contributed by atoms with Gasteiger partial charge >= 0.3 is 6.09 Å². The average Bonchev–Trinajstić information content (AvgIpc) is 3.39. The number of hydrogen-bond donors (Lipinski definition) is 0. The summed E-state index contributed by atoms with van der Waals surface area (Å²) in [6.07, 6.45) is 5.38. The van der Waals surface area contributed by atoms with Crippen molar-refractivity contribution in [3.63, 3.8) is 0 Å². The zero-order chi connectivity index (χ0) is 23.3. The summed E-state index contributed by atoms with van der Waals surface area (Å²) < 4.78 is 54.4. The van der Waals surface area contributed by atoms with E-state index < -0.39 is 33.0 Å². The third-order valence-electron chi connectivity index (χ3n) is 7.32. The van der Waals surface area contributed by atoms with E-state index in [1.807, 2.05) is 6.92 Å². The van der Waals surface area contributed by atoms with Crippen LogP contribution in [-0.2, 0) is 24.7 Å². The normalized spacial score (nSPS) is 34.2. The van der Waals surface area contributed by atoms with Crippen molar-refractivity contribution in [3.05, 3.63) is 17.8 Å². The lowest BCUT2D eigenvalue weighted by molar-refractivity contribution is -0.00705. The van der Waals surface area contributed by atoms with Crippen LogP contribution in [0.5, 0.6) is 5.88 Å². The Hall–Kier alpha value is -2.01. The summed E-state index contributed by atoms with van der Waals surface area (Å²) in [4.78, 5) is 22.3. The molecule has 32 heavy (non-hydrogen) atoms. The van der Waals surface area contributed by atoms with Crippen LogP contribution in [0.4, 0.5) is 9.18 Å². The molecule has 0 spiro atoms. The molecule has 0 bridgehead atoms. The maximum absolute atomic E-state index is 13.7. The Kier molecular flexibility index (Phi) is 6.08. The van der Waals surface area contributed by atoms with Gasteiger partial charge in [-0.2, -0.15) is 9.37 Å². The Morgan fingerprint density at radius 1 is 1.34 bits per heavy atom. The Bertz CT molecular complexity index is 992. The van der Waals surface area contributed by atoms with Crippen LogP contribution in [0.15, 0.2) is 6.20 Å². The molecular formula is C21H30FN3O6S. The van der Waals surface area contributed by atoms with Gasteiger partial charge in [-0.3, -0.25) is 4.90 Å². The molecule has 1 aromatic heterocycles. The van der Waals surface area contributed by atoms with E-state index in [-0.39, 0.29) is 30.0 Å². The number of hydrogen-bond acceptors (Lipinski definition) is 8. The molecule has 178 valence electrons. The van der Waals surface area contributed by atoms with Crippen LogP contribution in [0.25, 0.3) is 0 Å². The summed E-state index contributed by atoms with van der Waals surface area (Å²) in [5.74, 6) is 0.306. The third-order valence-corrected chi connectivity index (χ3v) is 8.92. The van der Waals surface area contributed by atoms with Crippen molar-refractivity contribution in [1.82, 2.24) is 14.9 Å². The topological polar surface area (TPSA) is 108 Å². The first-order valence-corrected chi connectivity index (χ1v) is 12.8. The van der Waals surface area contributed by atoms with E-state index in [1.54, 1.807) is 0 Å². The van der Waals surface area contributed by atoms with E-state index in [2.05, 4.69) is 9.97 Å². The van der Waals surface area contributed by atoms with Gasteiger partial charge in [-0.15, -0.1) is 0 Å². The minimum absolute atomic E-state index is 0.0431. The number of nitrogens with zero attached hydrogens (tertiary/aromatic N) is 3. The third kappa shape index (κ3) is 4.05. The number of rotatable bonds is 6. The minimum Gasteiger partial charge on any atom is -0.479 e. The van der Waals surface area contributed by atoms with E-state index in [1.165, 1.54) is 25.4 Å². The molecule has 1 amide bonds. The molecule has 4 rings (SSSR count). The molecule has 2 saturated carbocycles. The predicted molar refractivity (Wildman–Crippen MR) is 113 cm³/mol. The van der Waals surface area contributed by atoms with Crippen molar-refractivity contribution in [2.75, 3.05) is 27.1 Å². The van der Waals surface area contributed by atoms with Gasteiger partial charge in [0, 0.05) is 17.7 Å². The van der Waals surface area contributed by atoms with Gasteiger partial charge in [0.05, 0.1) is 44.4 Å². The summed E-state index contributed by atoms with van der Waals surface area (Å²) in [5, 5.41) is -0.680. The standard InChI is InChI=1S/C21H30FN3O6S/c1-12-7-17(32(4,27)28)16(25(12)20(26)30-3)11-31-14-5-6-21(9-13(21)8-14)19-23-10-15(22)18(24-19)29-2/h10,12-14,16-17H,5-9,11H2,1-4H3/t12-,13?,14?,16-,17+,21?/m1/s1. The van der Waals surface area contributed by atoms with E-state index in [0.717, 1.165) is 31.9 Å². The molecule has 2 heterocycles. The second-order valence-electron chi connectivity index (χ2n) is 9.24. The maximum atomic E-state index is 13.7. The Labute approximate surface area is 187 Å². The number of fused-ring (bicyclic) bond motifs is 1. The summed E-state index contributed by atoms with van der Waals surface area (Å²) in [7, 11) is -0.684. The van der Waals surface area contributed by atoms with Crippen LogP contribution in [0.1, 0.15) is 44.9 Å². The Morgan fingerprint density at radius 2 is 2.09 bits per heavy atom. The number of aromatic nitrogens is 2. The van der Waals surface area contributed by atoms with Crippen molar-refractivity contribution in [2.24, 2.45) is 5.92 Å². The second kappa shape index (κ2) is 8.40. The molecule has 0 aromatic carbocycles. The van der Waals surface area contributed by atoms with Gasteiger partial charge in [-0.1, -0.05) is 0 Å². The average molecular weight is 472 g/mol. The van der Waals surface area contributed by atoms with Gasteiger partial charge in [0.25, 0.3) is 5.88 Å². The van der Waals surface area contributed by atoms with Crippen LogP contribution < -0.4 is 4.74 Å². The summed E-state index contributed by atoms with van der Waals surface area (Å²) >= 11 is 0. The minimum atomic E-state index is -3.36. The molecule has 1 aliphatic heterocycles. The predicted octanol–water partition coefficient (Wildman–Crippen LogP) is 2.09. The van der Waals surface area contributed by atoms with Gasteiger partial charge in [0.2, 0.25) is 5.82 Å². The number of methoxy groups -OCH3 is 2. The van der Waals surface area contributed by atoms with E-state index >= 15 is 0 Å². The lowest BCUT2D eigenvalue weighted by Gasteiger charge is -2.32. The molecule has 0 radical (unpaired) electrons. The maximum Gasteiger partial charge on any atom is 0.410 e. The first-order chi connectivity index (χ1) is 15.1. The molecular weight excluding hydrogens is 441 g/mol. The molecule has 1 saturated heterocycles. The van der Waals surface area contributed by atoms with E-state index in [0.29, 0.717) is 18.2 Å². The monoisotopic (exact) mass is 471 g/mol. The van der Waals surface area contributed by atoms with Gasteiger partial charge in [-0.05, 0) is 44.9 Å². The zero-order valence-electron chi connectivity index (χ0n) is 18.8. The number of ether oxygens (including phenoxy) is 3. The van der Waals surface area contributed by atoms with Crippen LogP contribution in [-0.4, -0.2) is 79.9 Å². The molecule has 11 heteroatoms. The van der Waals surface area contributed by atoms with Crippen molar-refractivity contribution < 1.29 is 31.8 Å². The summed E-state index contributed by atoms with van der Waals surface area (Å²) in [5.41, 5.74) is -0.171. The molecule has 2 aliphatic carbocycles. The number of amides is 1. The SMILES string of the molecule is COC(=O)N1[C@H](C)C[C@H](S(C)(=O)=O)[C@H]1COC1CCC2(c3ncc(F)c(OC)n3)CC2C1. The molecule has 0 N–H and O–H groups in total. The number of carbonyl (C=O) groups excluding carboxylic acids is 1. The van der Waals surface area contributed by atoms with Crippen LogP contribution in [0, 0.1) is 11.7 Å². The highest BCUT2D eigenvalue weighted by Crippen LogP contribution is 2.61. The number of halogens is 1. The molecule has 9 nitrogen and oxygen atoms in total. The quantitative estimate of drug-likeness (QED) is 0.621. The summed E-state index contributed by atoms with van der Waals surface area (Å²) in [6.45, 7) is 1.97. The fourth-order valence-corrected chi connectivity index (χ4v) is 6.95. The lowest BCUT2D eigenvalue weighted by Crippen LogP contribution is -2.47. The van der Waals surface area contributed by atoms with Crippen molar-refractivity contribution in [1.29, 1.82) is 0 Å². The van der Waals surface area contributed by atoms with E-state index in [4.69, 9.17) is 14.2 Å². The largest absolute Gasteiger partial charge is 0.479 e. The smallest absolute Gasteiger partial charge is 0.410 e. The van der Waals surface area contributed by atoms with Crippen molar-refractivity contribution in [3.8, 4) is 5.88 Å². The van der Waals surface area contributed by atoms with Crippen LogP contribution >= 0.6 is 0 Å². The second-order valence-corrected chi connectivity index (χ2v) is 11.5. The first kappa shape index (κ1) is 23.2. The van der Waals surface area contributed by atoms with Gasteiger partial charge in [-0.25, -0.2) is 18.2 Å². The zero-order valence-corrected chi connectivity index (χ0v) is 19.6.